The Balaban J connectivity index is 2.28. The van der Waals surface area contributed by atoms with Gasteiger partial charge in [-0.05, 0) is 29.8 Å². The monoisotopic (exact) mass is 316 g/mol. The van der Waals surface area contributed by atoms with Gasteiger partial charge in [0.25, 0.3) is 0 Å². The number of nitriles is 1. The number of halogens is 1. The van der Waals surface area contributed by atoms with Crippen LogP contribution in [0, 0.1) is 17.1 Å². The van der Waals surface area contributed by atoms with Crippen LogP contribution in [0.3, 0.4) is 0 Å². The second-order valence-electron chi connectivity index (χ2n) is 4.66. The largest absolute Gasteiger partial charge is 0.493 e. The minimum atomic E-state index is -0.553. The molecule has 0 saturated heterocycles. The number of benzene rings is 2. The van der Waals surface area contributed by atoms with E-state index in [0.717, 1.165) is 5.56 Å². The molecule has 120 valence electrons. The van der Waals surface area contributed by atoms with Gasteiger partial charge < -0.3 is 19.5 Å². The molecule has 2 aromatic carbocycles. The molecule has 0 fully saturated rings. The van der Waals surface area contributed by atoms with Crippen molar-refractivity contribution in [2.24, 2.45) is 0 Å². The number of hydrogen-bond donors (Lipinski definition) is 1. The predicted octanol–water partition coefficient (Wildman–Crippen LogP) is 3.34. The lowest BCUT2D eigenvalue weighted by Gasteiger charge is -2.15. The zero-order valence-corrected chi connectivity index (χ0v) is 13.1. The highest BCUT2D eigenvalue weighted by Gasteiger charge is 2.14. The van der Waals surface area contributed by atoms with Crippen LogP contribution < -0.4 is 19.5 Å². The molecular weight excluding hydrogens is 299 g/mol. The van der Waals surface area contributed by atoms with E-state index in [9.17, 15) is 4.39 Å². The van der Waals surface area contributed by atoms with E-state index in [-0.39, 0.29) is 5.56 Å². The Hall–Kier alpha value is -2.94. The van der Waals surface area contributed by atoms with Crippen molar-refractivity contribution in [2.75, 3.05) is 26.6 Å². The molecule has 0 atom stereocenters. The van der Waals surface area contributed by atoms with Crippen LogP contribution in [-0.2, 0) is 6.54 Å². The molecule has 0 aliphatic carbocycles. The highest BCUT2D eigenvalue weighted by molar-refractivity contribution is 5.59. The summed E-state index contributed by atoms with van der Waals surface area (Å²) in [7, 11) is 4.61. The molecule has 0 aromatic heterocycles. The van der Waals surface area contributed by atoms with Gasteiger partial charge in [0.2, 0.25) is 5.75 Å². The van der Waals surface area contributed by atoms with Crippen molar-refractivity contribution >= 4 is 5.69 Å². The molecule has 0 bridgehead atoms. The van der Waals surface area contributed by atoms with E-state index in [0.29, 0.717) is 29.5 Å². The van der Waals surface area contributed by atoms with E-state index in [1.807, 2.05) is 6.07 Å². The van der Waals surface area contributed by atoms with Crippen molar-refractivity contribution in [3.05, 3.63) is 47.3 Å². The Morgan fingerprint density at radius 2 is 1.74 bits per heavy atom. The molecule has 0 radical (unpaired) electrons. The third kappa shape index (κ3) is 3.46. The smallest absolute Gasteiger partial charge is 0.203 e. The van der Waals surface area contributed by atoms with Gasteiger partial charge in [0.15, 0.2) is 11.5 Å². The first-order valence-corrected chi connectivity index (χ1v) is 6.86. The Bertz CT molecular complexity index is 716. The van der Waals surface area contributed by atoms with Crippen LogP contribution in [0.5, 0.6) is 17.2 Å². The number of ether oxygens (including phenoxy) is 3. The first-order chi connectivity index (χ1) is 11.1. The second-order valence-corrected chi connectivity index (χ2v) is 4.66. The zero-order valence-electron chi connectivity index (χ0n) is 13.1. The highest BCUT2D eigenvalue weighted by atomic mass is 19.1. The van der Waals surface area contributed by atoms with E-state index in [1.165, 1.54) is 27.4 Å². The van der Waals surface area contributed by atoms with Crippen molar-refractivity contribution in [1.29, 1.82) is 5.26 Å². The van der Waals surface area contributed by atoms with Crippen LogP contribution in [0.15, 0.2) is 30.3 Å². The summed E-state index contributed by atoms with van der Waals surface area (Å²) in [4.78, 5) is 0. The lowest BCUT2D eigenvalue weighted by Crippen LogP contribution is -2.04. The molecule has 1 N–H and O–H groups in total. The van der Waals surface area contributed by atoms with E-state index in [4.69, 9.17) is 19.5 Å². The topological polar surface area (TPSA) is 63.5 Å². The fourth-order valence-corrected chi connectivity index (χ4v) is 2.22. The van der Waals surface area contributed by atoms with Gasteiger partial charge in [-0.25, -0.2) is 4.39 Å². The van der Waals surface area contributed by atoms with Crippen molar-refractivity contribution in [3.63, 3.8) is 0 Å². The second kappa shape index (κ2) is 7.36. The van der Waals surface area contributed by atoms with Crippen LogP contribution >= 0.6 is 0 Å². The van der Waals surface area contributed by atoms with Crippen LogP contribution in [-0.4, -0.2) is 21.3 Å². The van der Waals surface area contributed by atoms with E-state index < -0.39 is 5.82 Å². The Morgan fingerprint density at radius 3 is 2.26 bits per heavy atom. The van der Waals surface area contributed by atoms with E-state index in [2.05, 4.69) is 5.32 Å². The SMILES string of the molecule is COc1cc(CNc2cccc(F)c2C#N)cc(OC)c1OC. The van der Waals surface area contributed by atoms with Gasteiger partial charge in [-0.3, -0.25) is 0 Å². The zero-order chi connectivity index (χ0) is 16.8. The van der Waals surface area contributed by atoms with Gasteiger partial charge in [0.1, 0.15) is 17.4 Å². The fraction of sp³-hybridized carbons (Fsp3) is 0.235. The summed E-state index contributed by atoms with van der Waals surface area (Å²) in [6, 6.07) is 9.89. The summed E-state index contributed by atoms with van der Waals surface area (Å²) in [6.45, 7) is 0.370. The van der Waals surface area contributed by atoms with Crippen LogP contribution in [0.25, 0.3) is 0 Å². The quantitative estimate of drug-likeness (QED) is 0.885. The summed E-state index contributed by atoms with van der Waals surface area (Å²) in [5.41, 5.74) is 1.26. The first kappa shape index (κ1) is 16.4. The third-order valence-corrected chi connectivity index (χ3v) is 3.33. The molecule has 0 aliphatic heterocycles. The van der Waals surface area contributed by atoms with Gasteiger partial charge in [-0.15, -0.1) is 0 Å². The van der Waals surface area contributed by atoms with E-state index in [1.54, 1.807) is 24.3 Å². The summed E-state index contributed by atoms with van der Waals surface area (Å²) >= 11 is 0. The summed E-state index contributed by atoms with van der Waals surface area (Å²) in [6.07, 6.45) is 0. The normalized spacial score (nSPS) is 9.87. The Morgan fingerprint density at radius 1 is 1.09 bits per heavy atom. The maximum atomic E-state index is 13.6. The number of rotatable bonds is 6. The molecule has 0 amide bonds. The number of methoxy groups -OCH3 is 3. The molecule has 0 saturated carbocycles. The number of nitrogens with one attached hydrogen (secondary N) is 1. The maximum absolute atomic E-state index is 13.6. The average Bonchev–Trinajstić information content (AvgIpc) is 2.58. The van der Waals surface area contributed by atoms with Gasteiger partial charge in [-0.2, -0.15) is 5.26 Å². The standard InChI is InChI=1S/C17H17FN2O3/c1-21-15-7-11(8-16(22-2)17(15)23-3)10-20-14-6-4-5-13(18)12(14)9-19/h4-8,20H,10H2,1-3H3. The van der Waals surface area contributed by atoms with Gasteiger partial charge in [-0.1, -0.05) is 6.07 Å². The number of nitrogens with zero attached hydrogens (tertiary/aromatic N) is 1. The van der Waals surface area contributed by atoms with Crippen molar-refractivity contribution < 1.29 is 18.6 Å². The molecule has 23 heavy (non-hydrogen) atoms. The van der Waals surface area contributed by atoms with Crippen molar-refractivity contribution in [3.8, 4) is 23.3 Å². The minimum absolute atomic E-state index is 0.0139. The average molecular weight is 316 g/mol. The summed E-state index contributed by atoms with van der Waals surface area (Å²) in [5.74, 6) is 1.01. The lowest BCUT2D eigenvalue weighted by atomic mass is 10.1. The minimum Gasteiger partial charge on any atom is -0.493 e. The molecule has 0 heterocycles. The first-order valence-electron chi connectivity index (χ1n) is 6.86. The maximum Gasteiger partial charge on any atom is 0.203 e. The lowest BCUT2D eigenvalue weighted by molar-refractivity contribution is 0.324. The highest BCUT2D eigenvalue weighted by Crippen LogP contribution is 2.38. The molecular formula is C17H17FN2O3. The van der Waals surface area contributed by atoms with Gasteiger partial charge in [0, 0.05) is 6.54 Å². The molecule has 0 aliphatic rings. The molecule has 0 spiro atoms. The molecule has 0 unspecified atom stereocenters. The van der Waals surface area contributed by atoms with Gasteiger partial charge in [0.05, 0.1) is 27.0 Å². The van der Waals surface area contributed by atoms with Gasteiger partial charge >= 0.3 is 0 Å². The molecule has 2 aromatic rings. The van der Waals surface area contributed by atoms with Crippen LogP contribution in [0.2, 0.25) is 0 Å². The molecule has 6 heteroatoms. The number of anilines is 1. The third-order valence-electron chi connectivity index (χ3n) is 3.33. The Labute approximate surface area is 134 Å². The van der Waals surface area contributed by atoms with Crippen LogP contribution in [0.4, 0.5) is 10.1 Å². The summed E-state index contributed by atoms with van der Waals surface area (Å²) in [5, 5.41) is 12.1. The predicted molar refractivity (Wildman–Crippen MR) is 84.5 cm³/mol. The van der Waals surface area contributed by atoms with Crippen molar-refractivity contribution in [1.82, 2.24) is 0 Å². The Kier molecular flexibility index (Phi) is 5.26. The van der Waals surface area contributed by atoms with Crippen molar-refractivity contribution in [2.45, 2.75) is 6.54 Å². The van der Waals surface area contributed by atoms with E-state index >= 15 is 0 Å². The number of hydrogen-bond acceptors (Lipinski definition) is 5. The molecule has 2 rings (SSSR count). The molecule has 5 nitrogen and oxygen atoms in total. The fourth-order valence-electron chi connectivity index (χ4n) is 2.22. The summed E-state index contributed by atoms with van der Waals surface area (Å²) < 4.78 is 29.4. The van der Waals surface area contributed by atoms with Crippen LogP contribution in [0.1, 0.15) is 11.1 Å².